The first-order valence-electron chi connectivity index (χ1n) is 27.3. The number of hydrogen-bond donors (Lipinski definition) is 0. The molecule has 14 aromatic rings. The van der Waals surface area contributed by atoms with Crippen LogP contribution in [0.1, 0.15) is 16.7 Å². The van der Waals surface area contributed by atoms with Crippen LogP contribution in [0.4, 0.5) is 22.7 Å². The van der Waals surface area contributed by atoms with Gasteiger partial charge in [0, 0.05) is 94.4 Å². The van der Waals surface area contributed by atoms with Gasteiger partial charge in [-0.2, -0.15) is 12.1 Å². The Hall–Kier alpha value is -9.54. The van der Waals surface area contributed by atoms with E-state index in [2.05, 4.69) is 278 Å². The van der Waals surface area contributed by atoms with Crippen LogP contribution >= 0.6 is 0 Å². The number of nitrogens with zero attached hydrogens (tertiary/aromatic N) is 4. The molecule has 5 heterocycles. The van der Waals surface area contributed by atoms with Crippen molar-refractivity contribution in [3.8, 4) is 67.1 Å². The van der Waals surface area contributed by atoms with Gasteiger partial charge in [-0.3, -0.25) is 0 Å². The maximum absolute atomic E-state index is 7.08. The molecular formula is C75H49N4OPt-3. The summed E-state index contributed by atoms with van der Waals surface area (Å²) in [4.78, 5) is 10.2. The van der Waals surface area contributed by atoms with Gasteiger partial charge in [-0.25, -0.2) is 4.98 Å². The van der Waals surface area contributed by atoms with Crippen LogP contribution in [0.15, 0.2) is 237 Å². The van der Waals surface area contributed by atoms with E-state index < -0.39 is 0 Å². The third-order valence-electron chi connectivity index (χ3n) is 16.5. The summed E-state index contributed by atoms with van der Waals surface area (Å²) < 4.78 is 9.42. The van der Waals surface area contributed by atoms with Crippen LogP contribution in [0.3, 0.4) is 0 Å². The number of hydrogen-bond acceptors (Lipinski definition) is 4. The molecular weight excluding hydrogens is 1170 g/mol. The average Bonchev–Trinajstić information content (AvgIpc) is 3.63. The quantitative estimate of drug-likeness (QED) is 0.155. The molecule has 81 heavy (non-hydrogen) atoms. The van der Waals surface area contributed by atoms with E-state index in [1.54, 1.807) is 0 Å². The Kier molecular flexibility index (Phi) is 11.4. The molecule has 0 bridgehead atoms. The zero-order chi connectivity index (χ0) is 53.2. The van der Waals surface area contributed by atoms with Gasteiger partial charge in [-0.05, 0) is 93.2 Å². The number of pyridine rings is 1. The van der Waals surface area contributed by atoms with E-state index in [4.69, 9.17) is 9.72 Å². The van der Waals surface area contributed by atoms with Gasteiger partial charge < -0.3 is 18.9 Å². The molecule has 16 rings (SSSR count). The monoisotopic (exact) mass is 1220 g/mol. The molecule has 388 valence electrons. The van der Waals surface area contributed by atoms with E-state index in [1.807, 2.05) is 12.1 Å². The number of benzene rings is 11. The van der Waals surface area contributed by atoms with Crippen molar-refractivity contribution in [2.24, 2.45) is 0 Å². The predicted octanol–water partition coefficient (Wildman–Crippen LogP) is 20.0. The maximum atomic E-state index is 7.08. The van der Waals surface area contributed by atoms with Crippen molar-refractivity contribution >= 4 is 82.5 Å². The number of rotatable bonds is 6. The van der Waals surface area contributed by atoms with Crippen LogP contribution in [0.2, 0.25) is 0 Å². The molecule has 0 atom stereocenters. The SMILES string of the molecule is Cc1cc(C)c(-c2cnc3c(c2)c2ccccc2c2ccccc2c2cccc4c5ccc(Oc6[c-]c7c(cc6)-c6ccccc6-c6cccc8c6N7[CH-]N8c6c(-c7ccccc7)cccc6-c6ccccc6)[c-]c5n3c24)c(C)c1.[Pt]. The van der Waals surface area contributed by atoms with E-state index >= 15 is 0 Å². The third-order valence-corrected chi connectivity index (χ3v) is 16.5. The maximum Gasteiger partial charge on any atom is 0.143 e. The molecule has 11 aromatic carbocycles. The molecule has 0 aliphatic carbocycles. The van der Waals surface area contributed by atoms with Crippen molar-refractivity contribution in [2.75, 3.05) is 9.80 Å². The fourth-order valence-corrected chi connectivity index (χ4v) is 13.3. The molecule has 0 fully saturated rings. The Balaban J connectivity index is 0.00000564. The molecule has 6 heteroatoms. The Morgan fingerprint density at radius 1 is 0.407 bits per heavy atom. The molecule has 0 amide bonds. The topological polar surface area (TPSA) is 33.0 Å². The zero-order valence-electron chi connectivity index (χ0n) is 44.6. The summed E-state index contributed by atoms with van der Waals surface area (Å²) in [6.07, 6.45) is 2.06. The number of ether oxygens (including phenoxy) is 1. The van der Waals surface area contributed by atoms with E-state index in [9.17, 15) is 0 Å². The van der Waals surface area contributed by atoms with Crippen molar-refractivity contribution in [3.05, 3.63) is 272 Å². The normalized spacial score (nSPS) is 12.4. The van der Waals surface area contributed by atoms with Crippen molar-refractivity contribution in [1.82, 2.24) is 9.38 Å². The minimum atomic E-state index is 0. The fraction of sp³-hybridized carbons (Fsp3) is 0.0400. The Morgan fingerprint density at radius 2 is 0.926 bits per heavy atom. The largest absolute Gasteiger partial charge is 0.509 e. The van der Waals surface area contributed by atoms with Crippen LogP contribution in [-0.2, 0) is 21.1 Å². The summed E-state index contributed by atoms with van der Waals surface area (Å²) in [7, 11) is 0. The average molecular weight is 1220 g/mol. The van der Waals surface area contributed by atoms with Crippen molar-refractivity contribution in [1.29, 1.82) is 0 Å². The molecule has 0 spiro atoms. The minimum absolute atomic E-state index is 0. The molecule has 0 unspecified atom stereocenters. The number of fused-ring (bicyclic) bond motifs is 15. The third kappa shape index (κ3) is 7.60. The fourth-order valence-electron chi connectivity index (χ4n) is 13.3. The molecule has 0 saturated heterocycles. The van der Waals surface area contributed by atoms with Crippen LogP contribution in [0.5, 0.6) is 11.5 Å². The van der Waals surface area contributed by atoms with E-state index in [0.717, 1.165) is 127 Å². The van der Waals surface area contributed by atoms with Crippen molar-refractivity contribution < 1.29 is 25.8 Å². The smallest absolute Gasteiger partial charge is 0.143 e. The standard InChI is InChI=1S/C75H49N4O.Pt/c1-46-39-47(2)71(48(3)40-46)51-41-67-61-28-15-11-24-57(61)56-23-10-13-26-59(56)64-31-17-32-66-63-38-36-53(43-70(63)79(73(64)66)75(67)76-44-51)80-52-35-37-62-58-25-12-14-27-60(58)65-33-18-34-68-74(65)78(69(62)42-52)45-77(68)72-54(49-19-6-4-7-20-49)29-16-30-55(72)50-21-8-5-9-22-50;/h4-41,44-45H,1-3H3;/q-3;. The minimum Gasteiger partial charge on any atom is -0.509 e. The molecule has 3 aromatic heterocycles. The first-order valence-corrected chi connectivity index (χ1v) is 27.3. The van der Waals surface area contributed by atoms with E-state index in [0.29, 0.717) is 11.5 Å². The summed E-state index contributed by atoms with van der Waals surface area (Å²) in [6.45, 7) is 8.83. The summed E-state index contributed by atoms with van der Waals surface area (Å²) in [5, 5.41) is 8.95. The van der Waals surface area contributed by atoms with Crippen LogP contribution < -0.4 is 14.5 Å². The van der Waals surface area contributed by atoms with Crippen molar-refractivity contribution in [3.63, 3.8) is 0 Å². The Bertz CT molecular complexity index is 4870. The summed E-state index contributed by atoms with van der Waals surface area (Å²) in [6, 6.07) is 90.8. The second-order valence-corrected chi connectivity index (χ2v) is 21.3. The Morgan fingerprint density at radius 3 is 1.60 bits per heavy atom. The van der Waals surface area contributed by atoms with Gasteiger partial charge in [0.25, 0.3) is 0 Å². The number of aromatic nitrogens is 2. The summed E-state index contributed by atoms with van der Waals surface area (Å²) in [5.41, 5.74) is 22.0. The second-order valence-electron chi connectivity index (χ2n) is 21.3. The van der Waals surface area contributed by atoms with Gasteiger partial charge in [0.15, 0.2) is 0 Å². The summed E-state index contributed by atoms with van der Waals surface area (Å²) >= 11 is 0. The van der Waals surface area contributed by atoms with Gasteiger partial charge in [0.05, 0.1) is 0 Å². The Labute approximate surface area is 484 Å². The molecule has 5 nitrogen and oxygen atoms in total. The number of aryl methyl sites for hydroxylation is 3. The van der Waals surface area contributed by atoms with Crippen LogP contribution in [0.25, 0.3) is 115 Å². The number of anilines is 4. The first kappa shape index (κ1) is 48.6. The van der Waals surface area contributed by atoms with Crippen molar-refractivity contribution in [2.45, 2.75) is 20.8 Å². The first-order chi connectivity index (χ1) is 39.4. The zero-order valence-corrected chi connectivity index (χ0v) is 46.9. The van der Waals surface area contributed by atoms with Gasteiger partial charge in [0.1, 0.15) is 5.65 Å². The molecule has 0 saturated carbocycles. The molecule has 2 aliphatic rings. The van der Waals surface area contributed by atoms with Crippen LogP contribution in [-0.4, -0.2) is 9.38 Å². The van der Waals surface area contributed by atoms with Gasteiger partial charge in [-0.1, -0.05) is 216 Å². The number of para-hydroxylation sites is 3. The molecule has 0 N–H and O–H groups in total. The van der Waals surface area contributed by atoms with Gasteiger partial charge in [0.2, 0.25) is 0 Å². The summed E-state index contributed by atoms with van der Waals surface area (Å²) in [5.74, 6) is 1.15. The van der Waals surface area contributed by atoms with Gasteiger partial charge in [-0.15, -0.1) is 41.9 Å². The predicted molar refractivity (Wildman–Crippen MR) is 332 cm³/mol. The van der Waals surface area contributed by atoms with Crippen LogP contribution in [0, 0.1) is 39.6 Å². The van der Waals surface area contributed by atoms with E-state index in [-0.39, 0.29) is 21.1 Å². The molecule has 2 aliphatic heterocycles. The van der Waals surface area contributed by atoms with E-state index in [1.165, 1.54) is 27.6 Å². The second kappa shape index (κ2) is 19.1. The van der Waals surface area contributed by atoms with Gasteiger partial charge >= 0.3 is 0 Å². The molecule has 0 radical (unpaired) electrons.